The van der Waals surface area contributed by atoms with Crippen LogP contribution in [-0.2, 0) is 0 Å². The lowest BCUT2D eigenvalue weighted by Crippen LogP contribution is -2.16. The highest BCUT2D eigenvalue weighted by Gasteiger charge is 2.18. The van der Waals surface area contributed by atoms with Crippen molar-refractivity contribution in [2.75, 3.05) is 12.3 Å². The zero-order valence-electron chi connectivity index (χ0n) is 12.5. The molecule has 23 heavy (non-hydrogen) atoms. The number of pyridine rings is 1. The lowest BCUT2D eigenvalue weighted by atomic mass is 9.96. The first kappa shape index (κ1) is 15.9. The molecule has 0 atom stereocenters. The van der Waals surface area contributed by atoms with E-state index in [4.69, 9.17) is 10.5 Å². The van der Waals surface area contributed by atoms with Gasteiger partial charge in [-0.25, -0.2) is 0 Å². The molecule has 114 valence electrons. The summed E-state index contributed by atoms with van der Waals surface area (Å²) in [7, 11) is 0. The van der Waals surface area contributed by atoms with Crippen molar-refractivity contribution in [3.63, 3.8) is 0 Å². The minimum absolute atomic E-state index is 0.0539. The van der Waals surface area contributed by atoms with Crippen LogP contribution in [0.15, 0.2) is 41.2 Å². The lowest BCUT2D eigenvalue weighted by molar-refractivity contribution is 0.353. The molecule has 0 bridgehead atoms. The largest absolute Gasteiger partial charge is 0.489 e. The molecule has 0 fully saturated rings. The van der Waals surface area contributed by atoms with E-state index in [2.05, 4.69) is 11.6 Å². The van der Waals surface area contributed by atoms with Crippen LogP contribution in [0.25, 0.3) is 11.1 Å². The first-order valence-electron chi connectivity index (χ1n) is 6.71. The number of benzene rings is 1. The molecule has 3 N–H and O–H groups in total. The molecular weight excluding hydrogens is 292 g/mol. The summed E-state index contributed by atoms with van der Waals surface area (Å²) in [5.41, 5.74) is 6.53. The van der Waals surface area contributed by atoms with Crippen LogP contribution in [-0.4, -0.2) is 11.6 Å². The highest BCUT2D eigenvalue weighted by atomic mass is 16.5. The van der Waals surface area contributed by atoms with Gasteiger partial charge in [-0.15, -0.1) is 0 Å². The van der Waals surface area contributed by atoms with Crippen LogP contribution in [0.2, 0.25) is 0 Å². The molecule has 0 aliphatic carbocycles. The van der Waals surface area contributed by atoms with Crippen molar-refractivity contribution < 1.29 is 4.74 Å². The van der Waals surface area contributed by atoms with E-state index in [1.165, 1.54) is 0 Å². The Morgan fingerprint density at radius 2 is 2.04 bits per heavy atom. The Morgan fingerprint density at radius 1 is 1.35 bits per heavy atom. The van der Waals surface area contributed by atoms with Crippen LogP contribution in [0.5, 0.6) is 5.75 Å². The molecule has 0 radical (unpaired) electrons. The zero-order valence-corrected chi connectivity index (χ0v) is 12.5. The van der Waals surface area contributed by atoms with Gasteiger partial charge in [-0.3, -0.25) is 4.79 Å². The van der Waals surface area contributed by atoms with Crippen molar-refractivity contribution in [3.05, 3.63) is 57.9 Å². The van der Waals surface area contributed by atoms with Gasteiger partial charge in [-0.1, -0.05) is 18.7 Å². The topological polar surface area (TPSA) is 116 Å². The number of aromatic amines is 1. The number of nitriles is 2. The second kappa shape index (κ2) is 6.50. The Morgan fingerprint density at radius 3 is 2.65 bits per heavy atom. The van der Waals surface area contributed by atoms with Crippen LogP contribution in [0.3, 0.4) is 0 Å². The van der Waals surface area contributed by atoms with Crippen molar-refractivity contribution in [2.45, 2.75) is 6.92 Å². The molecular formula is C17H14N4O2. The van der Waals surface area contributed by atoms with E-state index in [0.717, 1.165) is 5.57 Å². The summed E-state index contributed by atoms with van der Waals surface area (Å²) in [6, 6.07) is 10.5. The predicted molar refractivity (Wildman–Crippen MR) is 86.7 cm³/mol. The van der Waals surface area contributed by atoms with E-state index in [-0.39, 0.29) is 22.5 Å². The summed E-state index contributed by atoms with van der Waals surface area (Å²) in [5.74, 6) is 0.469. The molecule has 0 aliphatic rings. The number of rotatable bonds is 4. The number of nitrogens with one attached hydrogen (secondary N) is 1. The second-order valence-corrected chi connectivity index (χ2v) is 4.99. The van der Waals surface area contributed by atoms with Crippen LogP contribution < -0.4 is 16.0 Å². The summed E-state index contributed by atoms with van der Waals surface area (Å²) in [6.07, 6.45) is 0. The average molecular weight is 306 g/mol. The van der Waals surface area contributed by atoms with Gasteiger partial charge in [-0.05, 0) is 30.2 Å². The Kier molecular flexibility index (Phi) is 4.49. The van der Waals surface area contributed by atoms with E-state index in [1.807, 2.05) is 19.1 Å². The number of hydrogen-bond donors (Lipinski definition) is 2. The maximum Gasteiger partial charge on any atom is 0.268 e. The van der Waals surface area contributed by atoms with E-state index in [0.29, 0.717) is 17.9 Å². The smallest absolute Gasteiger partial charge is 0.268 e. The molecule has 1 aromatic carbocycles. The molecule has 2 rings (SSSR count). The lowest BCUT2D eigenvalue weighted by Gasteiger charge is -2.11. The monoisotopic (exact) mass is 306 g/mol. The number of nitrogens with two attached hydrogens (primary N) is 1. The number of nitrogens with zero attached hydrogens (tertiary/aromatic N) is 2. The quantitative estimate of drug-likeness (QED) is 0.841. The summed E-state index contributed by atoms with van der Waals surface area (Å²) >= 11 is 0. The highest BCUT2D eigenvalue weighted by Crippen LogP contribution is 2.30. The van der Waals surface area contributed by atoms with E-state index >= 15 is 0 Å². The fourth-order valence-corrected chi connectivity index (χ4v) is 2.08. The minimum Gasteiger partial charge on any atom is -0.489 e. The van der Waals surface area contributed by atoms with Crippen LogP contribution in [0, 0.1) is 22.7 Å². The summed E-state index contributed by atoms with van der Waals surface area (Å²) in [6.45, 7) is 5.94. The Hall–Kier alpha value is -3.51. The van der Waals surface area contributed by atoms with Crippen molar-refractivity contribution in [1.82, 2.24) is 4.98 Å². The molecule has 1 heterocycles. The van der Waals surface area contributed by atoms with E-state index in [1.54, 1.807) is 24.3 Å². The summed E-state index contributed by atoms with van der Waals surface area (Å²) < 4.78 is 5.55. The average Bonchev–Trinajstić information content (AvgIpc) is 2.52. The van der Waals surface area contributed by atoms with Gasteiger partial charge in [0.15, 0.2) is 0 Å². The van der Waals surface area contributed by atoms with Gasteiger partial charge in [0, 0.05) is 5.56 Å². The Labute approximate surface area is 133 Å². The molecule has 2 aromatic rings. The van der Waals surface area contributed by atoms with Gasteiger partial charge in [0.25, 0.3) is 5.56 Å². The molecule has 0 unspecified atom stereocenters. The third-order valence-corrected chi connectivity index (χ3v) is 3.08. The van der Waals surface area contributed by atoms with E-state index < -0.39 is 5.56 Å². The molecule has 0 spiro atoms. The number of aromatic nitrogens is 1. The molecule has 0 amide bonds. The highest BCUT2D eigenvalue weighted by molar-refractivity contribution is 5.80. The standard InChI is InChI=1S/C17H14N4O2/c1-10(2)9-23-12-5-3-4-11(6-12)15-13(7-18)16(20)21-17(22)14(15)8-19/h3-6H,1,9H2,2H3,(H3,20,21,22). The molecule has 0 aliphatic heterocycles. The first-order chi connectivity index (χ1) is 11.0. The Bertz CT molecular complexity index is 914. The van der Waals surface area contributed by atoms with Crippen LogP contribution in [0.4, 0.5) is 5.82 Å². The normalized spacial score (nSPS) is 9.70. The van der Waals surface area contributed by atoms with Gasteiger partial charge < -0.3 is 15.5 Å². The third-order valence-electron chi connectivity index (χ3n) is 3.08. The second-order valence-electron chi connectivity index (χ2n) is 4.99. The van der Waals surface area contributed by atoms with Crippen molar-refractivity contribution >= 4 is 5.82 Å². The van der Waals surface area contributed by atoms with Crippen molar-refractivity contribution in [2.24, 2.45) is 0 Å². The molecule has 1 aromatic heterocycles. The number of hydrogen-bond acceptors (Lipinski definition) is 5. The minimum atomic E-state index is -0.632. The predicted octanol–water partition coefficient (Wildman–Crippen LogP) is 2.32. The van der Waals surface area contributed by atoms with Gasteiger partial charge in [0.2, 0.25) is 0 Å². The molecule has 0 saturated heterocycles. The van der Waals surface area contributed by atoms with Crippen molar-refractivity contribution in [3.8, 4) is 29.0 Å². The number of nitrogen functional groups attached to an aromatic ring is 1. The summed E-state index contributed by atoms with van der Waals surface area (Å²) in [4.78, 5) is 14.2. The molecule has 6 heteroatoms. The Balaban J connectivity index is 2.65. The van der Waals surface area contributed by atoms with Gasteiger partial charge in [-0.2, -0.15) is 10.5 Å². The third kappa shape index (κ3) is 3.22. The SMILES string of the molecule is C=C(C)COc1cccc(-c2c(C#N)c(N)[nH]c(=O)c2C#N)c1. The van der Waals surface area contributed by atoms with Gasteiger partial charge in [0.1, 0.15) is 41.4 Å². The fraction of sp³-hybridized carbons (Fsp3) is 0.118. The van der Waals surface area contributed by atoms with Crippen molar-refractivity contribution in [1.29, 1.82) is 10.5 Å². The molecule has 0 saturated carbocycles. The van der Waals surface area contributed by atoms with E-state index in [9.17, 15) is 15.3 Å². The van der Waals surface area contributed by atoms with Gasteiger partial charge >= 0.3 is 0 Å². The van der Waals surface area contributed by atoms with Crippen LogP contribution >= 0.6 is 0 Å². The fourth-order valence-electron chi connectivity index (χ4n) is 2.08. The zero-order chi connectivity index (χ0) is 17.0. The molecule has 6 nitrogen and oxygen atoms in total. The number of ether oxygens (including phenoxy) is 1. The maximum atomic E-state index is 11.9. The maximum absolute atomic E-state index is 11.9. The van der Waals surface area contributed by atoms with Gasteiger partial charge in [0.05, 0.1) is 0 Å². The summed E-state index contributed by atoms with van der Waals surface area (Å²) in [5, 5.41) is 18.6. The number of anilines is 1. The van der Waals surface area contributed by atoms with Crippen LogP contribution in [0.1, 0.15) is 18.1 Å². The number of H-pyrrole nitrogens is 1. The first-order valence-corrected chi connectivity index (χ1v) is 6.71.